The molecule has 0 radical (unpaired) electrons. The summed E-state index contributed by atoms with van der Waals surface area (Å²) in [7, 11) is 4.11. The smallest absolute Gasteiger partial charge is 0.185 e. The van der Waals surface area contributed by atoms with Gasteiger partial charge in [-0.2, -0.15) is 0 Å². The average molecular weight is 326 g/mol. The van der Waals surface area contributed by atoms with Crippen LogP contribution in [0.1, 0.15) is 22.3 Å². The molecule has 0 spiro atoms. The molecule has 3 nitrogen and oxygen atoms in total. The van der Waals surface area contributed by atoms with E-state index in [9.17, 15) is 9.18 Å². The summed E-state index contributed by atoms with van der Waals surface area (Å²) in [5.41, 5.74) is 2.43. The molecule has 2 aromatic carbocycles. The molecule has 0 amide bonds. The summed E-state index contributed by atoms with van der Waals surface area (Å²) < 4.78 is 12.8. The maximum absolute atomic E-state index is 12.8. The summed E-state index contributed by atoms with van der Waals surface area (Å²) in [4.78, 5) is 14.3. The lowest BCUT2D eigenvalue weighted by atomic mass is 10.1. The normalized spacial score (nSPS) is 11.2. The highest BCUT2D eigenvalue weighted by atomic mass is 19.1. The van der Waals surface area contributed by atoms with Crippen molar-refractivity contribution >= 4 is 17.5 Å². The molecule has 0 saturated carbocycles. The number of carbonyl (C=O) groups is 1. The van der Waals surface area contributed by atoms with Crippen molar-refractivity contribution in [1.82, 2.24) is 4.90 Å². The van der Waals surface area contributed by atoms with Crippen LogP contribution in [0.2, 0.25) is 0 Å². The van der Waals surface area contributed by atoms with E-state index in [1.54, 1.807) is 18.2 Å². The minimum absolute atomic E-state index is 0.0708. The number of ketones is 1. The summed E-state index contributed by atoms with van der Waals surface area (Å²) in [6, 6.07) is 13.5. The third kappa shape index (κ3) is 5.97. The molecule has 126 valence electrons. The Morgan fingerprint density at radius 2 is 1.75 bits per heavy atom. The van der Waals surface area contributed by atoms with Gasteiger partial charge in [-0.25, -0.2) is 4.39 Å². The van der Waals surface area contributed by atoms with Crippen molar-refractivity contribution in [3.05, 3.63) is 71.6 Å². The standard InChI is InChI=1S/C20H23FN2O/c1-23(2)15-3-14-22-19-11-7-17(8-12-19)20(24)13-6-16-4-9-18(21)10-5-16/h4-13,22H,3,14-15H2,1-2H3. The Morgan fingerprint density at radius 1 is 1.08 bits per heavy atom. The number of benzene rings is 2. The number of rotatable bonds is 8. The van der Waals surface area contributed by atoms with Gasteiger partial charge in [0.15, 0.2) is 5.78 Å². The second kappa shape index (κ2) is 8.99. The molecule has 24 heavy (non-hydrogen) atoms. The summed E-state index contributed by atoms with van der Waals surface area (Å²) in [6.07, 6.45) is 4.26. The fourth-order valence-electron chi connectivity index (χ4n) is 2.22. The number of anilines is 1. The first-order chi connectivity index (χ1) is 11.5. The molecule has 1 N–H and O–H groups in total. The van der Waals surface area contributed by atoms with Crippen LogP contribution in [-0.2, 0) is 0 Å². The molecule has 0 aliphatic heterocycles. The van der Waals surface area contributed by atoms with E-state index >= 15 is 0 Å². The zero-order chi connectivity index (χ0) is 17.4. The molecule has 0 atom stereocenters. The zero-order valence-electron chi connectivity index (χ0n) is 14.1. The molecule has 0 aromatic heterocycles. The van der Waals surface area contributed by atoms with E-state index in [-0.39, 0.29) is 11.6 Å². The van der Waals surface area contributed by atoms with Gasteiger partial charge in [-0.15, -0.1) is 0 Å². The molecule has 2 aromatic rings. The largest absolute Gasteiger partial charge is 0.385 e. The van der Waals surface area contributed by atoms with E-state index < -0.39 is 0 Å². The van der Waals surface area contributed by atoms with Crippen LogP contribution < -0.4 is 5.32 Å². The van der Waals surface area contributed by atoms with Crippen LogP contribution in [0.15, 0.2) is 54.6 Å². The second-order valence-electron chi connectivity index (χ2n) is 5.91. The topological polar surface area (TPSA) is 32.3 Å². The van der Waals surface area contributed by atoms with Gasteiger partial charge in [-0.05, 0) is 75.1 Å². The van der Waals surface area contributed by atoms with E-state index in [2.05, 4.69) is 24.3 Å². The maximum atomic E-state index is 12.8. The quantitative estimate of drug-likeness (QED) is 0.450. The molecule has 2 rings (SSSR count). The van der Waals surface area contributed by atoms with Crippen molar-refractivity contribution in [1.29, 1.82) is 0 Å². The first-order valence-electron chi connectivity index (χ1n) is 8.01. The monoisotopic (exact) mass is 326 g/mol. The van der Waals surface area contributed by atoms with Crippen molar-refractivity contribution in [2.75, 3.05) is 32.5 Å². The van der Waals surface area contributed by atoms with E-state index in [0.29, 0.717) is 5.56 Å². The minimum atomic E-state index is -0.285. The van der Waals surface area contributed by atoms with Crippen LogP contribution in [0.4, 0.5) is 10.1 Å². The van der Waals surface area contributed by atoms with Crippen molar-refractivity contribution in [2.45, 2.75) is 6.42 Å². The fraction of sp³-hybridized carbons (Fsp3) is 0.250. The van der Waals surface area contributed by atoms with E-state index in [1.165, 1.54) is 18.2 Å². The van der Waals surface area contributed by atoms with Crippen LogP contribution in [0.3, 0.4) is 0 Å². The van der Waals surface area contributed by atoms with Gasteiger partial charge in [0.25, 0.3) is 0 Å². The number of halogens is 1. The zero-order valence-corrected chi connectivity index (χ0v) is 14.1. The molecular formula is C20H23FN2O. The Kier molecular flexibility index (Phi) is 6.70. The lowest BCUT2D eigenvalue weighted by Gasteiger charge is -2.10. The SMILES string of the molecule is CN(C)CCCNc1ccc(C(=O)C=Cc2ccc(F)cc2)cc1. The molecule has 0 aliphatic rings. The fourth-order valence-corrected chi connectivity index (χ4v) is 2.22. The van der Waals surface area contributed by atoms with Gasteiger partial charge in [-0.3, -0.25) is 4.79 Å². The Labute approximate surface area is 142 Å². The molecule has 0 fully saturated rings. The Balaban J connectivity index is 1.87. The van der Waals surface area contributed by atoms with Gasteiger partial charge in [0.1, 0.15) is 5.82 Å². The molecule has 0 heterocycles. The van der Waals surface area contributed by atoms with E-state index in [4.69, 9.17) is 0 Å². The summed E-state index contributed by atoms with van der Waals surface area (Å²) in [5, 5.41) is 3.34. The van der Waals surface area contributed by atoms with Crippen LogP contribution in [0, 0.1) is 5.82 Å². The van der Waals surface area contributed by atoms with Crippen LogP contribution in [0.25, 0.3) is 6.08 Å². The van der Waals surface area contributed by atoms with Crippen LogP contribution >= 0.6 is 0 Å². The van der Waals surface area contributed by atoms with Crippen LogP contribution in [0.5, 0.6) is 0 Å². The molecule has 0 aliphatic carbocycles. The lowest BCUT2D eigenvalue weighted by Crippen LogP contribution is -2.16. The summed E-state index contributed by atoms with van der Waals surface area (Å²) >= 11 is 0. The van der Waals surface area contributed by atoms with E-state index in [1.807, 2.05) is 24.3 Å². The molecule has 4 heteroatoms. The predicted molar refractivity (Wildman–Crippen MR) is 97.9 cm³/mol. The van der Waals surface area contributed by atoms with E-state index in [0.717, 1.165) is 30.8 Å². The molecular weight excluding hydrogens is 303 g/mol. The first kappa shape index (κ1) is 17.9. The molecule has 0 bridgehead atoms. The average Bonchev–Trinajstić information content (AvgIpc) is 2.58. The first-order valence-corrected chi connectivity index (χ1v) is 8.01. The maximum Gasteiger partial charge on any atom is 0.185 e. The number of allylic oxidation sites excluding steroid dienone is 1. The van der Waals surface area contributed by atoms with Gasteiger partial charge in [0, 0.05) is 17.8 Å². The third-order valence-corrected chi connectivity index (χ3v) is 3.58. The number of carbonyl (C=O) groups excluding carboxylic acids is 1. The van der Waals surface area contributed by atoms with Crippen molar-refractivity contribution in [3.63, 3.8) is 0 Å². The van der Waals surface area contributed by atoms with Crippen molar-refractivity contribution in [2.24, 2.45) is 0 Å². The van der Waals surface area contributed by atoms with Crippen LogP contribution in [-0.4, -0.2) is 37.9 Å². The van der Waals surface area contributed by atoms with Crippen molar-refractivity contribution in [3.8, 4) is 0 Å². The number of nitrogens with zero attached hydrogens (tertiary/aromatic N) is 1. The molecule has 0 unspecified atom stereocenters. The minimum Gasteiger partial charge on any atom is -0.385 e. The summed E-state index contributed by atoms with van der Waals surface area (Å²) in [5.74, 6) is -0.356. The van der Waals surface area contributed by atoms with Gasteiger partial charge in [-0.1, -0.05) is 18.2 Å². The Morgan fingerprint density at radius 3 is 2.38 bits per heavy atom. The number of hydrogen-bond acceptors (Lipinski definition) is 3. The lowest BCUT2D eigenvalue weighted by molar-refractivity contribution is 0.104. The number of nitrogens with one attached hydrogen (secondary N) is 1. The second-order valence-corrected chi connectivity index (χ2v) is 5.91. The van der Waals surface area contributed by atoms with Gasteiger partial charge in [0.2, 0.25) is 0 Å². The van der Waals surface area contributed by atoms with Crippen molar-refractivity contribution < 1.29 is 9.18 Å². The third-order valence-electron chi connectivity index (χ3n) is 3.58. The summed E-state index contributed by atoms with van der Waals surface area (Å²) in [6.45, 7) is 1.94. The van der Waals surface area contributed by atoms with Gasteiger partial charge < -0.3 is 10.2 Å². The highest BCUT2D eigenvalue weighted by Crippen LogP contribution is 2.12. The highest BCUT2D eigenvalue weighted by Gasteiger charge is 2.02. The highest BCUT2D eigenvalue weighted by molar-refractivity contribution is 6.06. The molecule has 0 saturated heterocycles. The van der Waals surface area contributed by atoms with Gasteiger partial charge in [0.05, 0.1) is 0 Å². The van der Waals surface area contributed by atoms with Gasteiger partial charge >= 0.3 is 0 Å². The number of hydrogen-bond donors (Lipinski definition) is 1. The Hall–Kier alpha value is -2.46. The Bertz CT molecular complexity index is 676. The predicted octanol–water partition coefficient (Wildman–Crippen LogP) is 4.09.